The van der Waals surface area contributed by atoms with Crippen LogP contribution in [-0.2, 0) is 11.2 Å². The summed E-state index contributed by atoms with van der Waals surface area (Å²) in [7, 11) is 0. The Hall–Kier alpha value is -3.78. The normalized spacial score (nSPS) is 20.6. The first kappa shape index (κ1) is 31.2. The van der Waals surface area contributed by atoms with Gasteiger partial charge in [0, 0.05) is 24.6 Å². The number of hydrogen-bond donors (Lipinski definition) is 3. The summed E-state index contributed by atoms with van der Waals surface area (Å²) in [4.78, 5) is 44.2. The minimum Gasteiger partial charge on any atom is -0.364 e. The van der Waals surface area contributed by atoms with Gasteiger partial charge in [-0.3, -0.25) is 9.59 Å². The monoisotopic (exact) mass is 600 g/mol. The van der Waals surface area contributed by atoms with Crippen molar-refractivity contribution >= 4 is 23.7 Å². The van der Waals surface area contributed by atoms with Gasteiger partial charge in [0.15, 0.2) is 5.69 Å². The van der Waals surface area contributed by atoms with Crippen molar-refractivity contribution in [2.24, 2.45) is 5.92 Å². The molecule has 3 atom stereocenters. The number of hydrogen-bond acceptors (Lipinski definition) is 6. The number of halogens is 5. The van der Waals surface area contributed by atoms with E-state index >= 15 is 0 Å². The molecule has 2 aromatic rings. The maximum atomic E-state index is 13.9. The van der Waals surface area contributed by atoms with Gasteiger partial charge in [0.25, 0.3) is 5.91 Å². The van der Waals surface area contributed by atoms with Crippen molar-refractivity contribution in [2.75, 3.05) is 11.9 Å². The zero-order valence-electron chi connectivity index (χ0n) is 23.1. The quantitative estimate of drug-likeness (QED) is 0.330. The summed E-state index contributed by atoms with van der Waals surface area (Å²) >= 11 is 0. The summed E-state index contributed by atoms with van der Waals surface area (Å²) in [5, 5.41) is 10.9. The molecule has 1 saturated heterocycles. The molecule has 1 aliphatic heterocycles. The second-order valence-corrected chi connectivity index (χ2v) is 10.7. The Bertz CT molecular complexity index is 1280. The van der Waals surface area contributed by atoms with Crippen LogP contribution in [0.3, 0.4) is 0 Å². The number of nitrogens with one attached hydrogen (secondary N) is 3. The predicted molar refractivity (Wildman–Crippen MR) is 140 cm³/mol. The molecule has 3 N–H and O–H groups in total. The lowest BCUT2D eigenvalue weighted by Crippen LogP contribution is -2.50. The minimum absolute atomic E-state index is 0.0126. The van der Waals surface area contributed by atoms with Crippen molar-refractivity contribution in [1.29, 1.82) is 0 Å². The van der Waals surface area contributed by atoms with Gasteiger partial charge in [-0.05, 0) is 49.3 Å². The predicted octanol–water partition coefficient (Wildman–Crippen LogP) is 4.99. The first-order valence-corrected chi connectivity index (χ1v) is 13.9. The van der Waals surface area contributed by atoms with E-state index < -0.39 is 73.4 Å². The number of pyridine rings is 1. The number of aromatic nitrogens is 2. The third-order valence-corrected chi connectivity index (χ3v) is 7.73. The van der Waals surface area contributed by atoms with E-state index in [1.54, 1.807) is 13.0 Å². The third kappa shape index (κ3) is 7.16. The van der Waals surface area contributed by atoms with Crippen molar-refractivity contribution in [3.8, 4) is 0 Å². The van der Waals surface area contributed by atoms with Crippen molar-refractivity contribution < 1.29 is 40.9 Å². The standard InChI is InChI=1S/C27H33F5N6O4/c1-3-5-18(38-13-19(27(30,31)32)34-25(38)41)17-8-11-33-20(12-17)35-23(39)21(16-6-9-26(28,29)10-7-16)36-24(40)22-15(4-2)14-42-37-22/h8,11-12,14,16,18-19,21H,3-7,9-10,13H2,1-2H3,(H,34,41)(H,36,40)(H,33,35,39)/t18?,19-,21+/m0/s1. The molecule has 42 heavy (non-hydrogen) atoms. The Balaban J connectivity index is 1.55. The van der Waals surface area contributed by atoms with Crippen LogP contribution in [-0.4, -0.2) is 63.6 Å². The van der Waals surface area contributed by atoms with Gasteiger partial charge in [0.05, 0.1) is 12.6 Å². The van der Waals surface area contributed by atoms with Crippen molar-refractivity contribution in [3.05, 3.63) is 41.4 Å². The smallest absolute Gasteiger partial charge is 0.364 e. The van der Waals surface area contributed by atoms with Crippen LogP contribution in [0.5, 0.6) is 0 Å². The molecule has 3 heterocycles. The molecule has 0 spiro atoms. The second kappa shape index (κ2) is 12.6. The Morgan fingerprint density at radius 1 is 1.24 bits per heavy atom. The zero-order valence-corrected chi connectivity index (χ0v) is 23.1. The molecule has 1 unspecified atom stereocenters. The van der Waals surface area contributed by atoms with Crippen LogP contribution in [0.25, 0.3) is 0 Å². The molecule has 1 aliphatic carbocycles. The number of urea groups is 1. The highest BCUT2D eigenvalue weighted by Crippen LogP contribution is 2.38. The largest absolute Gasteiger partial charge is 0.410 e. The Morgan fingerprint density at radius 3 is 2.57 bits per heavy atom. The minimum atomic E-state index is -4.61. The van der Waals surface area contributed by atoms with Gasteiger partial charge < -0.3 is 25.4 Å². The Morgan fingerprint density at radius 2 is 1.95 bits per heavy atom. The molecule has 0 aromatic carbocycles. The summed E-state index contributed by atoms with van der Waals surface area (Å²) in [5.74, 6) is -4.83. The lowest BCUT2D eigenvalue weighted by molar-refractivity contribution is -0.150. The molecule has 1 saturated carbocycles. The molecule has 10 nitrogen and oxygen atoms in total. The maximum absolute atomic E-state index is 13.9. The van der Waals surface area contributed by atoms with Gasteiger partial charge >= 0.3 is 12.2 Å². The van der Waals surface area contributed by atoms with E-state index in [9.17, 15) is 36.3 Å². The van der Waals surface area contributed by atoms with E-state index in [1.165, 1.54) is 18.5 Å². The van der Waals surface area contributed by atoms with Crippen LogP contribution < -0.4 is 16.0 Å². The molecular weight excluding hydrogens is 567 g/mol. The van der Waals surface area contributed by atoms with E-state index in [1.807, 2.05) is 12.2 Å². The molecular formula is C27H33F5N6O4. The van der Waals surface area contributed by atoms with Crippen molar-refractivity contribution in [2.45, 2.75) is 89.0 Å². The number of alkyl halides is 5. The first-order valence-electron chi connectivity index (χ1n) is 13.9. The fourth-order valence-electron chi connectivity index (χ4n) is 5.41. The zero-order chi connectivity index (χ0) is 30.7. The van der Waals surface area contributed by atoms with Crippen LogP contribution in [0.15, 0.2) is 29.1 Å². The number of carbonyl (C=O) groups is 3. The Kier molecular flexibility index (Phi) is 9.36. The number of nitrogens with zero attached hydrogens (tertiary/aromatic N) is 3. The van der Waals surface area contributed by atoms with Crippen molar-refractivity contribution in [1.82, 2.24) is 25.7 Å². The summed E-state index contributed by atoms with van der Waals surface area (Å²) in [6.07, 6.45) is -1.51. The molecule has 0 bridgehead atoms. The molecule has 2 aliphatic rings. The van der Waals surface area contributed by atoms with Crippen molar-refractivity contribution in [3.63, 3.8) is 0 Å². The van der Waals surface area contributed by atoms with Gasteiger partial charge in [0.2, 0.25) is 11.8 Å². The van der Waals surface area contributed by atoms with Gasteiger partial charge in [-0.2, -0.15) is 13.2 Å². The van der Waals surface area contributed by atoms with E-state index in [-0.39, 0.29) is 24.4 Å². The topological polar surface area (TPSA) is 129 Å². The summed E-state index contributed by atoms with van der Waals surface area (Å²) in [6, 6.07) is -1.79. The van der Waals surface area contributed by atoms with E-state index in [4.69, 9.17) is 4.52 Å². The Labute approximate surface area is 238 Å². The van der Waals surface area contributed by atoms with Gasteiger partial charge in [-0.25, -0.2) is 18.6 Å². The highest BCUT2D eigenvalue weighted by atomic mass is 19.4. The summed E-state index contributed by atoms with van der Waals surface area (Å²) in [6.45, 7) is 3.04. The lowest BCUT2D eigenvalue weighted by Gasteiger charge is -2.33. The maximum Gasteiger partial charge on any atom is 0.410 e. The molecule has 4 amide bonds. The number of amides is 4. The lowest BCUT2D eigenvalue weighted by atomic mass is 9.81. The summed E-state index contributed by atoms with van der Waals surface area (Å²) < 4.78 is 72.5. The second-order valence-electron chi connectivity index (χ2n) is 10.7. The molecule has 230 valence electrons. The van der Waals surface area contributed by atoms with E-state index in [0.717, 1.165) is 4.90 Å². The van der Waals surface area contributed by atoms with E-state index in [2.05, 4.69) is 20.8 Å². The van der Waals surface area contributed by atoms with Gasteiger partial charge in [0.1, 0.15) is 24.2 Å². The first-order chi connectivity index (χ1) is 19.8. The molecule has 4 rings (SSSR count). The van der Waals surface area contributed by atoms with E-state index in [0.29, 0.717) is 30.4 Å². The highest BCUT2D eigenvalue weighted by molar-refractivity contribution is 6.00. The molecule has 0 radical (unpaired) electrons. The number of rotatable bonds is 10. The number of aryl methyl sites for hydroxylation is 1. The highest BCUT2D eigenvalue weighted by Gasteiger charge is 2.48. The third-order valence-electron chi connectivity index (χ3n) is 7.73. The fourth-order valence-corrected chi connectivity index (χ4v) is 5.41. The average Bonchev–Trinajstić information content (AvgIpc) is 3.57. The molecule has 15 heteroatoms. The van der Waals surface area contributed by atoms with Crippen LogP contribution in [0, 0.1) is 5.92 Å². The van der Waals surface area contributed by atoms with Crippen LogP contribution in [0.1, 0.15) is 80.0 Å². The van der Waals surface area contributed by atoms with Crippen LogP contribution >= 0.6 is 0 Å². The number of anilines is 1. The fraction of sp³-hybridized carbons (Fsp3) is 0.593. The van der Waals surface area contributed by atoms with Gasteiger partial charge in [-0.1, -0.05) is 25.4 Å². The number of carbonyl (C=O) groups excluding carboxylic acids is 3. The van der Waals surface area contributed by atoms with Crippen LogP contribution in [0.2, 0.25) is 0 Å². The van der Waals surface area contributed by atoms with Gasteiger partial charge in [-0.15, -0.1) is 0 Å². The SMILES string of the molecule is CCCC(c1ccnc(NC(=O)[C@H](NC(=O)c2nocc2CC)C2CCC(F)(F)CC2)c1)N1C[C@@H](C(F)(F)F)NC1=O. The summed E-state index contributed by atoms with van der Waals surface area (Å²) in [5.41, 5.74) is 0.949. The molecule has 2 fully saturated rings. The molecule has 2 aromatic heterocycles. The van der Waals surface area contributed by atoms with Crippen LogP contribution in [0.4, 0.5) is 32.6 Å². The average molecular weight is 601 g/mol.